The summed E-state index contributed by atoms with van der Waals surface area (Å²) in [5, 5.41) is 5.05. The zero-order valence-corrected chi connectivity index (χ0v) is 14.9. The number of amides is 2. The first-order valence-electron chi connectivity index (χ1n) is 6.80. The summed E-state index contributed by atoms with van der Waals surface area (Å²) in [5.41, 5.74) is 0.566. The van der Waals surface area contributed by atoms with Crippen molar-refractivity contribution in [3.63, 3.8) is 0 Å². The highest BCUT2D eigenvalue weighted by Crippen LogP contribution is 2.27. The second-order valence-electron chi connectivity index (χ2n) is 4.79. The quantitative estimate of drug-likeness (QED) is 0.712. The minimum atomic E-state index is -0.847. The van der Waals surface area contributed by atoms with E-state index in [2.05, 4.69) is 26.6 Å². The first kappa shape index (κ1) is 18.4. The predicted molar refractivity (Wildman–Crippen MR) is 94.2 cm³/mol. The van der Waals surface area contributed by atoms with Crippen molar-refractivity contribution in [1.29, 1.82) is 0 Å². The summed E-state index contributed by atoms with van der Waals surface area (Å²) in [5.74, 6) is -2.10. The molecule has 2 aromatic rings. The van der Waals surface area contributed by atoms with Gasteiger partial charge in [0.25, 0.3) is 0 Å². The highest BCUT2D eigenvalue weighted by atomic mass is 79.9. The molecule has 2 rings (SSSR count). The first-order valence-corrected chi connectivity index (χ1v) is 8.58. The van der Waals surface area contributed by atoms with E-state index in [0.717, 1.165) is 11.0 Å². The molecule has 8 heteroatoms. The van der Waals surface area contributed by atoms with E-state index in [1.165, 1.54) is 18.7 Å². The molecule has 0 aliphatic carbocycles. The normalized spacial score (nSPS) is 10.3. The van der Waals surface area contributed by atoms with Crippen molar-refractivity contribution in [3.05, 3.63) is 52.5 Å². The average Bonchev–Trinajstić information content (AvgIpc) is 2.49. The Balaban J connectivity index is 1.93. The Labute approximate surface area is 150 Å². The third-order valence-electron chi connectivity index (χ3n) is 2.82. The lowest BCUT2D eigenvalue weighted by Gasteiger charge is -2.09. The van der Waals surface area contributed by atoms with Crippen LogP contribution in [0.5, 0.6) is 0 Å². The molecule has 0 aromatic heterocycles. The van der Waals surface area contributed by atoms with Crippen molar-refractivity contribution < 1.29 is 18.4 Å². The number of carbonyl (C=O) groups excluding carboxylic acids is 2. The van der Waals surface area contributed by atoms with Gasteiger partial charge in [-0.15, -0.1) is 11.8 Å². The van der Waals surface area contributed by atoms with Gasteiger partial charge < -0.3 is 10.6 Å². The molecule has 2 N–H and O–H groups in total. The third kappa shape index (κ3) is 5.31. The Morgan fingerprint density at radius 1 is 1.12 bits per heavy atom. The van der Waals surface area contributed by atoms with Crippen LogP contribution in [0, 0.1) is 11.6 Å². The summed E-state index contributed by atoms with van der Waals surface area (Å²) in [6.45, 7) is 1.42. The second-order valence-corrected chi connectivity index (χ2v) is 6.69. The summed E-state index contributed by atoms with van der Waals surface area (Å²) in [6, 6.07) is 8.74. The molecule has 126 valence electrons. The van der Waals surface area contributed by atoms with E-state index in [4.69, 9.17) is 0 Å². The lowest BCUT2D eigenvalue weighted by molar-refractivity contribution is -0.114. The van der Waals surface area contributed by atoms with Crippen LogP contribution in [-0.2, 0) is 9.59 Å². The van der Waals surface area contributed by atoms with Gasteiger partial charge in [-0.1, -0.05) is 0 Å². The lowest BCUT2D eigenvalue weighted by Crippen LogP contribution is -2.15. The van der Waals surface area contributed by atoms with Crippen molar-refractivity contribution >= 4 is 50.9 Å². The smallest absolute Gasteiger partial charge is 0.234 e. The maximum absolute atomic E-state index is 13.7. The van der Waals surface area contributed by atoms with Crippen LogP contribution in [0.2, 0.25) is 0 Å². The maximum Gasteiger partial charge on any atom is 0.234 e. The SMILES string of the molecule is CC(=O)Nc1ccc(SCC(=O)Nc2c(F)cc(F)cc2Br)cc1. The van der Waals surface area contributed by atoms with Gasteiger partial charge in [0.05, 0.1) is 11.4 Å². The largest absolute Gasteiger partial charge is 0.326 e. The molecular formula is C16H13BrF2N2O2S. The minimum Gasteiger partial charge on any atom is -0.326 e. The van der Waals surface area contributed by atoms with Gasteiger partial charge >= 0.3 is 0 Å². The fourth-order valence-electron chi connectivity index (χ4n) is 1.82. The van der Waals surface area contributed by atoms with E-state index < -0.39 is 17.5 Å². The van der Waals surface area contributed by atoms with E-state index in [9.17, 15) is 18.4 Å². The van der Waals surface area contributed by atoms with Gasteiger partial charge in [0.1, 0.15) is 5.82 Å². The Morgan fingerprint density at radius 3 is 2.38 bits per heavy atom. The van der Waals surface area contributed by atoms with Crippen LogP contribution in [0.15, 0.2) is 45.8 Å². The second kappa shape index (κ2) is 8.25. The summed E-state index contributed by atoms with van der Waals surface area (Å²) in [7, 11) is 0. The van der Waals surface area contributed by atoms with Crippen LogP contribution >= 0.6 is 27.7 Å². The average molecular weight is 415 g/mol. The van der Waals surface area contributed by atoms with Crippen LogP contribution in [0.25, 0.3) is 0 Å². The van der Waals surface area contributed by atoms with Crippen molar-refractivity contribution in [2.24, 2.45) is 0 Å². The van der Waals surface area contributed by atoms with Gasteiger partial charge in [-0.3, -0.25) is 9.59 Å². The standard InChI is InChI=1S/C16H13BrF2N2O2S/c1-9(22)20-11-2-4-12(5-3-11)24-8-15(23)21-16-13(17)6-10(18)7-14(16)19/h2-7H,8H2,1H3,(H,20,22)(H,21,23). The molecule has 4 nitrogen and oxygen atoms in total. The molecule has 0 bridgehead atoms. The van der Waals surface area contributed by atoms with E-state index in [1.54, 1.807) is 24.3 Å². The van der Waals surface area contributed by atoms with E-state index >= 15 is 0 Å². The molecule has 0 saturated carbocycles. The van der Waals surface area contributed by atoms with Gasteiger partial charge in [-0.25, -0.2) is 8.78 Å². The number of rotatable bonds is 5. The summed E-state index contributed by atoms with van der Waals surface area (Å²) in [4.78, 5) is 23.7. The molecular weight excluding hydrogens is 402 g/mol. The fourth-order valence-corrected chi connectivity index (χ4v) is 3.03. The Bertz CT molecular complexity index is 746. The monoisotopic (exact) mass is 414 g/mol. The van der Waals surface area contributed by atoms with Gasteiger partial charge in [-0.2, -0.15) is 0 Å². The molecule has 0 fully saturated rings. The van der Waals surface area contributed by atoms with Crippen molar-refractivity contribution in [2.45, 2.75) is 11.8 Å². The molecule has 0 heterocycles. The molecule has 0 aliphatic rings. The summed E-state index contributed by atoms with van der Waals surface area (Å²) < 4.78 is 26.8. The van der Waals surface area contributed by atoms with Crippen molar-refractivity contribution in [2.75, 3.05) is 16.4 Å². The van der Waals surface area contributed by atoms with Gasteiger partial charge in [0.15, 0.2) is 5.82 Å². The van der Waals surface area contributed by atoms with Crippen LogP contribution in [0.3, 0.4) is 0 Å². The van der Waals surface area contributed by atoms with Crippen LogP contribution in [0.1, 0.15) is 6.92 Å². The molecule has 0 saturated heterocycles. The number of anilines is 2. The van der Waals surface area contributed by atoms with E-state index in [0.29, 0.717) is 11.8 Å². The number of carbonyl (C=O) groups is 2. The lowest BCUT2D eigenvalue weighted by atomic mass is 10.3. The Hall–Kier alpha value is -1.93. The molecule has 0 aliphatic heterocycles. The van der Waals surface area contributed by atoms with Gasteiger partial charge in [-0.05, 0) is 46.3 Å². The third-order valence-corrected chi connectivity index (χ3v) is 4.45. The van der Waals surface area contributed by atoms with E-state index in [1.807, 2.05) is 0 Å². The molecule has 0 radical (unpaired) electrons. The molecule has 2 amide bonds. The zero-order valence-electron chi connectivity index (χ0n) is 12.5. The zero-order chi connectivity index (χ0) is 17.7. The van der Waals surface area contributed by atoms with Crippen molar-refractivity contribution in [1.82, 2.24) is 0 Å². The van der Waals surface area contributed by atoms with Gasteiger partial charge in [0.2, 0.25) is 11.8 Å². The van der Waals surface area contributed by atoms with Crippen LogP contribution in [-0.4, -0.2) is 17.6 Å². The van der Waals surface area contributed by atoms with Crippen LogP contribution < -0.4 is 10.6 Å². The highest BCUT2D eigenvalue weighted by Gasteiger charge is 2.13. The number of hydrogen-bond donors (Lipinski definition) is 2. The summed E-state index contributed by atoms with van der Waals surface area (Å²) in [6.07, 6.45) is 0. The predicted octanol–water partition coefficient (Wildman–Crippen LogP) is 4.42. The number of hydrogen-bond acceptors (Lipinski definition) is 3. The Morgan fingerprint density at radius 2 is 1.79 bits per heavy atom. The van der Waals surface area contributed by atoms with Crippen molar-refractivity contribution in [3.8, 4) is 0 Å². The molecule has 0 spiro atoms. The first-order chi connectivity index (χ1) is 11.3. The van der Waals surface area contributed by atoms with Crippen LogP contribution in [0.4, 0.5) is 20.2 Å². The fraction of sp³-hybridized carbons (Fsp3) is 0.125. The molecule has 24 heavy (non-hydrogen) atoms. The molecule has 0 unspecified atom stereocenters. The number of halogens is 3. The minimum absolute atomic E-state index is 0.0583. The topological polar surface area (TPSA) is 58.2 Å². The highest BCUT2D eigenvalue weighted by molar-refractivity contribution is 9.10. The maximum atomic E-state index is 13.7. The molecule has 0 atom stereocenters. The Kier molecular flexibility index (Phi) is 6.33. The number of thioether (sulfide) groups is 1. The molecule has 2 aromatic carbocycles. The summed E-state index contributed by atoms with van der Waals surface area (Å²) >= 11 is 4.27. The number of nitrogens with one attached hydrogen (secondary N) is 2. The van der Waals surface area contributed by atoms with Gasteiger partial charge in [0, 0.05) is 28.0 Å². The van der Waals surface area contributed by atoms with E-state index in [-0.39, 0.29) is 21.8 Å². The number of benzene rings is 2.